The van der Waals surface area contributed by atoms with Crippen LogP contribution in [0.25, 0.3) is 0 Å². The van der Waals surface area contributed by atoms with E-state index in [2.05, 4.69) is 4.98 Å². The van der Waals surface area contributed by atoms with Crippen molar-refractivity contribution in [2.75, 3.05) is 6.61 Å². The second kappa shape index (κ2) is 3.04. The third-order valence-corrected chi connectivity index (χ3v) is 3.93. The average Bonchev–Trinajstić information content (AvgIpc) is 2.75. The summed E-state index contributed by atoms with van der Waals surface area (Å²) in [5.74, 6) is -1.15. The maximum absolute atomic E-state index is 11.2. The van der Waals surface area contributed by atoms with Gasteiger partial charge in [0.25, 0.3) is 0 Å². The zero-order chi connectivity index (χ0) is 11.3. The molecule has 3 atom stereocenters. The van der Waals surface area contributed by atoms with Gasteiger partial charge in [-0.2, -0.15) is 0 Å². The van der Waals surface area contributed by atoms with E-state index in [9.17, 15) is 9.90 Å². The van der Waals surface area contributed by atoms with Gasteiger partial charge in [0, 0.05) is 17.8 Å². The maximum Gasteiger partial charge on any atom is 0.310 e. The molecule has 2 bridgehead atoms. The number of carboxylic acids is 1. The van der Waals surface area contributed by atoms with Crippen LogP contribution in [0.3, 0.4) is 0 Å². The minimum Gasteiger partial charge on any atom is -0.481 e. The van der Waals surface area contributed by atoms with Crippen molar-refractivity contribution < 1.29 is 14.6 Å². The van der Waals surface area contributed by atoms with E-state index < -0.39 is 11.9 Å². The largest absolute Gasteiger partial charge is 0.481 e. The molecule has 4 rings (SSSR count). The van der Waals surface area contributed by atoms with Gasteiger partial charge in [0.05, 0.1) is 18.6 Å². The lowest BCUT2D eigenvalue weighted by Gasteiger charge is -2.42. The maximum atomic E-state index is 11.2. The van der Waals surface area contributed by atoms with E-state index in [0.717, 1.165) is 17.5 Å². The quantitative estimate of drug-likeness (QED) is 0.810. The fraction of sp³-hybridized carbons (Fsp3) is 0.500. The summed E-state index contributed by atoms with van der Waals surface area (Å²) >= 11 is 0. The van der Waals surface area contributed by atoms with E-state index in [1.807, 2.05) is 13.0 Å². The fourth-order valence-electron chi connectivity index (χ4n) is 3.09. The predicted octanol–water partition coefficient (Wildman–Crippen LogP) is 1.13. The van der Waals surface area contributed by atoms with Crippen LogP contribution in [-0.4, -0.2) is 28.8 Å². The molecule has 1 aromatic rings. The van der Waals surface area contributed by atoms with Crippen molar-refractivity contribution in [3.8, 4) is 0 Å². The van der Waals surface area contributed by atoms with Crippen molar-refractivity contribution >= 4 is 5.97 Å². The number of aliphatic carboxylic acids is 1. The Hall–Kier alpha value is -1.42. The highest BCUT2D eigenvalue weighted by Crippen LogP contribution is 2.56. The number of hydrogen-bond donors (Lipinski definition) is 1. The lowest BCUT2D eigenvalue weighted by Crippen LogP contribution is -2.52. The summed E-state index contributed by atoms with van der Waals surface area (Å²) in [5.41, 5.74) is 1.82. The van der Waals surface area contributed by atoms with E-state index in [1.165, 1.54) is 0 Å². The Morgan fingerprint density at radius 2 is 2.50 bits per heavy atom. The molecule has 3 aliphatic rings. The minimum absolute atomic E-state index is 0.0999. The highest BCUT2D eigenvalue weighted by atomic mass is 16.5. The Morgan fingerprint density at radius 1 is 1.69 bits per heavy atom. The second-order valence-corrected chi connectivity index (χ2v) is 4.72. The van der Waals surface area contributed by atoms with Crippen molar-refractivity contribution in [2.24, 2.45) is 5.92 Å². The standard InChI is InChI=1S/C12H13NO3/c1-7-2-3-13-5-8(7)12-4-9(16-6-12)10(12)11(14)15/h2-3,5,9-10H,4,6H2,1H3,(H,14,15)/t9-,10+,12-/m1/s1. The summed E-state index contributed by atoms with van der Waals surface area (Å²) in [7, 11) is 0. The van der Waals surface area contributed by atoms with Crippen LogP contribution in [-0.2, 0) is 14.9 Å². The molecular weight excluding hydrogens is 206 g/mol. The first kappa shape index (κ1) is 9.78. The zero-order valence-electron chi connectivity index (χ0n) is 9.01. The Balaban J connectivity index is 2.07. The van der Waals surface area contributed by atoms with Gasteiger partial charge in [-0.05, 0) is 30.5 Å². The zero-order valence-corrected chi connectivity index (χ0v) is 9.01. The van der Waals surface area contributed by atoms with Crippen LogP contribution in [0.1, 0.15) is 17.5 Å². The molecule has 0 aromatic carbocycles. The van der Waals surface area contributed by atoms with E-state index in [1.54, 1.807) is 12.4 Å². The normalized spacial score (nSPS) is 35.8. The molecule has 1 aliphatic carbocycles. The number of aromatic nitrogens is 1. The Bertz CT molecular complexity index is 455. The topological polar surface area (TPSA) is 59.4 Å². The molecular formula is C12H13NO3. The van der Waals surface area contributed by atoms with Gasteiger partial charge in [0.1, 0.15) is 0 Å². The SMILES string of the molecule is Cc1ccncc1[C@]12CO[C@H](C1)[C@H]2C(=O)O. The molecule has 1 saturated carbocycles. The van der Waals surface area contributed by atoms with Crippen LogP contribution in [0.5, 0.6) is 0 Å². The van der Waals surface area contributed by atoms with Crippen LogP contribution in [0.4, 0.5) is 0 Å². The smallest absolute Gasteiger partial charge is 0.310 e. The van der Waals surface area contributed by atoms with Gasteiger partial charge < -0.3 is 9.84 Å². The summed E-state index contributed by atoms with van der Waals surface area (Å²) in [6.45, 7) is 2.51. The summed E-state index contributed by atoms with van der Waals surface area (Å²) < 4.78 is 5.50. The first-order valence-electron chi connectivity index (χ1n) is 5.41. The number of rotatable bonds is 2. The Labute approximate surface area is 93.3 Å². The molecule has 0 amide bonds. The monoisotopic (exact) mass is 219 g/mol. The third-order valence-electron chi connectivity index (χ3n) is 3.93. The van der Waals surface area contributed by atoms with Gasteiger partial charge in [-0.15, -0.1) is 0 Å². The van der Waals surface area contributed by atoms with Gasteiger partial charge in [-0.25, -0.2) is 0 Å². The van der Waals surface area contributed by atoms with Crippen molar-refractivity contribution in [2.45, 2.75) is 24.9 Å². The van der Waals surface area contributed by atoms with Crippen LogP contribution in [0, 0.1) is 12.8 Å². The summed E-state index contributed by atoms with van der Waals surface area (Å²) in [6, 6.07) is 1.93. The summed E-state index contributed by atoms with van der Waals surface area (Å²) in [6.07, 6.45) is 4.24. The van der Waals surface area contributed by atoms with Crippen molar-refractivity contribution in [3.63, 3.8) is 0 Å². The average molecular weight is 219 g/mol. The summed E-state index contributed by atoms with van der Waals surface area (Å²) in [5, 5.41) is 9.23. The van der Waals surface area contributed by atoms with Gasteiger partial charge in [-0.3, -0.25) is 9.78 Å². The molecule has 0 unspecified atom stereocenters. The summed E-state index contributed by atoms with van der Waals surface area (Å²) in [4.78, 5) is 15.3. The van der Waals surface area contributed by atoms with Gasteiger partial charge in [0.15, 0.2) is 0 Å². The number of aryl methyl sites for hydroxylation is 1. The van der Waals surface area contributed by atoms with Crippen molar-refractivity contribution in [1.82, 2.24) is 4.98 Å². The highest BCUT2D eigenvalue weighted by molar-refractivity contribution is 5.76. The molecule has 0 radical (unpaired) electrons. The molecule has 84 valence electrons. The number of carboxylic acid groups (broad SMARTS) is 1. The third kappa shape index (κ3) is 1.02. The molecule has 16 heavy (non-hydrogen) atoms. The lowest BCUT2D eigenvalue weighted by atomic mass is 9.57. The molecule has 4 nitrogen and oxygen atoms in total. The molecule has 1 N–H and O–H groups in total. The Kier molecular flexibility index (Phi) is 1.86. The van der Waals surface area contributed by atoms with E-state index in [-0.39, 0.29) is 11.5 Å². The van der Waals surface area contributed by atoms with E-state index in [0.29, 0.717) is 6.61 Å². The highest BCUT2D eigenvalue weighted by Gasteiger charge is 2.65. The van der Waals surface area contributed by atoms with Crippen LogP contribution >= 0.6 is 0 Å². The molecule has 3 heterocycles. The molecule has 3 fully saturated rings. The molecule has 4 heteroatoms. The second-order valence-electron chi connectivity index (χ2n) is 4.72. The number of fused-ring (bicyclic) bond motifs is 1. The Morgan fingerprint density at radius 3 is 3.12 bits per heavy atom. The number of hydrogen-bond acceptors (Lipinski definition) is 3. The van der Waals surface area contributed by atoms with Crippen LogP contribution in [0.2, 0.25) is 0 Å². The number of pyridine rings is 1. The van der Waals surface area contributed by atoms with Crippen molar-refractivity contribution in [1.29, 1.82) is 0 Å². The first-order valence-corrected chi connectivity index (χ1v) is 5.41. The lowest BCUT2D eigenvalue weighted by molar-refractivity contribution is -0.150. The van der Waals surface area contributed by atoms with Gasteiger partial charge >= 0.3 is 5.97 Å². The number of carbonyl (C=O) groups is 1. The number of nitrogens with zero attached hydrogens (tertiary/aromatic N) is 1. The number of ether oxygens (including phenoxy) is 1. The van der Waals surface area contributed by atoms with Crippen LogP contribution < -0.4 is 0 Å². The van der Waals surface area contributed by atoms with Crippen LogP contribution in [0.15, 0.2) is 18.5 Å². The van der Waals surface area contributed by atoms with Gasteiger partial charge in [0.2, 0.25) is 0 Å². The van der Waals surface area contributed by atoms with Gasteiger partial charge in [-0.1, -0.05) is 0 Å². The van der Waals surface area contributed by atoms with Crippen molar-refractivity contribution in [3.05, 3.63) is 29.6 Å². The predicted molar refractivity (Wildman–Crippen MR) is 56.1 cm³/mol. The molecule has 0 spiro atoms. The van der Waals surface area contributed by atoms with E-state index >= 15 is 0 Å². The molecule has 2 aliphatic heterocycles. The molecule has 2 saturated heterocycles. The molecule has 1 aromatic heterocycles. The minimum atomic E-state index is -0.753. The fourth-order valence-corrected chi connectivity index (χ4v) is 3.09. The first-order chi connectivity index (χ1) is 7.65. The van der Waals surface area contributed by atoms with E-state index in [4.69, 9.17) is 4.74 Å².